The summed E-state index contributed by atoms with van der Waals surface area (Å²) >= 11 is 0. The molecule has 5 heteroatoms. The standard InChI is InChI=1S/C25H26F4O/c1-2-16-3-5-17(6-4-16)20-10-12-23(24(26)15-20)21-8-7-19-14-22(30-25(27,28)29)11-9-18(19)13-21/h9-17H,2-8H2,1H3. The fourth-order valence-corrected chi connectivity index (χ4v) is 4.83. The van der Waals surface area contributed by atoms with Crippen molar-refractivity contribution in [3.05, 3.63) is 64.5 Å². The maximum Gasteiger partial charge on any atom is 0.573 e. The second-order valence-electron chi connectivity index (χ2n) is 8.44. The number of aryl methyl sites for hydroxylation is 1. The summed E-state index contributed by atoms with van der Waals surface area (Å²) in [4.78, 5) is 0. The van der Waals surface area contributed by atoms with Crippen molar-refractivity contribution in [2.24, 2.45) is 5.92 Å². The normalized spacial score (nSPS) is 21.7. The van der Waals surface area contributed by atoms with Gasteiger partial charge in [-0.15, -0.1) is 13.2 Å². The minimum absolute atomic E-state index is 0.211. The largest absolute Gasteiger partial charge is 0.573 e. The van der Waals surface area contributed by atoms with Crippen LogP contribution in [0, 0.1) is 11.7 Å². The van der Waals surface area contributed by atoms with E-state index in [1.807, 2.05) is 18.2 Å². The number of alkyl halides is 3. The van der Waals surface area contributed by atoms with Gasteiger partial charge in [0.2, 0.25) is 0 Å². The number of benzene rings is 2. The van der Waals surface area contributed by atoms with Crippen LogP contribution in [0.25, 0.3) is 11.6 Å². The van der Waals surface area contributed by atoms with Crippen molar-refractivity contribution >= 4 is 11.6 Å². The van der Waals surface area contributed by atoms with Crippen molar-refractivity contribution < 1.29 is 22.3 Å². The number of ether oxygens (including phenoxy) is 1. The van der Waals surface area contributed by atoms with Crippen LogP contribution in [0.15, 0.2) is 36.4 Å². The molecule has 2 aliphatic rings. The molecule has 0 amide bonds. The SMILES string of the molecule is CCC1CCC(c2ccc(C3=Cc4ccc(OC(F)(F)F)cc4CC3)c(F)c2)CC1. The lowest BCUT2D eigenvalue weighted by molar-refractivity contribution is -0.274. The zero-order chi connectivity index (χ0) is 21.3. The van der Waals surface area contributed by atoms with Crippen molar-refractivity contribution in [3.63, 3.8) is 0 Å². The van der Waals surface area contributed by atoms with Gasteiger partial charge < -0.3 is 4.74 Å². The third-order valence-electron chi connectivity index (χ3n) is 6.58. The molecule has 4 rings (SSSR count). The lowest BCUT2D eigenvalue weighted by Crippen LogP contribution is -2.17. The lowest BCUT2D eigenvalue weighted by atomic mass is 9.77. The molecule has 0 N–H and O–H groups in total. The minimum Gasteiger partial charge on any atom is -0.406 e. The Bertz CT molecular complexity index is 937. The van der Waals surface area contributed by atoms with Crippen LogP contribution in [0.5, 0.6) is 5.75 Å². The molecule has 1 fully saturated rings. The Hall–Kier alpha value is -2.30. The highest BCUT2D eigenvalue weighted by Gasteiger charge is 2.31. The van der Waals surface area contributed by atoms with Gasteiger partial charge in [0.1, 0.15) is 11.6 Å². The van der Waals surface area contributed by atoms with Crippen LogP contribution in [-0.2, 0) is 6.42 Å². The van der Waals surface area contributed by atoms with E-state index in [0.717, 1.165) is 41.0 Å². The smallest absolute Gasteiger partial charge is 0.406 e. The van der Waals surface area contributed by atoms with Crippen LogP contribution in [-0.4, -0.2) is 6.36 Å². The first-order valence-electron chi connectivity index (χ1n) is 10.7. The van der Waals surface area contributed by atoms with E-state index in [2.05, 4.69) is 11.7 Å². The Morgan fingerprint density at radius 1 is 0.967 bits per heavy atom. The third-order valence-corrected chi connectivity index (χ3v) is 6.58. The summed E-state index contributed by atoms with van der Waals surface area (Å²) < 4.78 is 56.3. The van der Waals surface area contributed by atoms with Gasteiger partial charge in [-0.05, 0) is 90.8 Å². The molecule has 160 valence electrons. The van der Waals surface area contributed by atoms with Crippen LogP contribution in [0.2, 0.25) is 0 Å². The maximum absolute atomic E-state index is 15.0. The number of rotatable bonds is 4. The maximum atomic E-state index is 15.0. The second kappa shape index (κ2) is 8.44. The molecule has 2 aromatic carbocycles. The number of hydrogen-bond donors (Lipinski definition) is 0. The molecule has 0 heterocycles. The van der Waals surface area contributed by atoms with Crippen LogP contribution in [0.1, 0.15) is 73.6 Å². The summed E-state index contributed by atoms with van der Waals surface area (Å²) in [6.45, 7) is 2.24. The van der Waals surface area contributed by atoms with Crippen LogP contribution in [0.3, 0.4) is 0 Å². The van der Waals surface area contributed by atoms with Gasteiger partial charge in [0.15, 0.2) is 0 Å². The number of fused-ring (bicyclic) bond motifs is 1. The molecule has 0 aromatic heterocycles. The van der Waals surface area contributed by atoms with Crippen molar-refractivity contribution in [2.45, 2.75) is 64.1 Å². The molecule has 0 bridgehead atoms. The summed E-state index contributed by atoms with van der Waals surface area (Å²) in [6, 6.07) is 9.93. The summed E-state index contributed by atoms with van der Waals surface area (Å²) in [7, 11) is 0. The zero-order valence-electron chi connectivity index (χ0n) is 17.1. The van der Waals surface area contributed by atoms with E-state index >= 15 is 0 Å². The summed E-state index contributed by atoms with van der Waals surface area (Å²) in [5.74, 6) is 0.813. The van der Waals surface area contributed by atoms with Gasteiger partial charge in [-0.1, -0.05) is 37.6 Å². The highest BCUT2D eigenvalue weighted by Crippen LogP contribution is 2.39. The Balaban J connectivity index is 1.52. The molecule has 0 radical (unpaired) electrons. The summed E-state index contributed by atoms with van der Waals surface area (Å²) in [5, 5.41) is 0. The van der Waals surface area contributed by atoms with E-state index in [1.54, 1.807) is 12.1 Å². The van der Waals surface area contributed by atoms with Gasteiger partial charge in [-0.25, -0.2) is 4.39 Å². The summed E-state index contributed by atoms with van der Waals surface area (Å²) in [5.41, 5.74) is 4.14. The quantitative estimate of drug-likeness (QED) is 0.459. The highest BCUT2D eigenvalue weighted by molar-refractivity contribution is 5.84. The van der Waals surface area contributed by atoms with Gasteiger partial charge in [-0.2, -0.15) is 0 Å². The molecular formula is C25H26F4O. The fraction of sp³-hybridized carbons (Fsp3) is 0.440. The zero-order valence-corrected chi connectivity index (χ0v) is 17.1. The predicted octanol–water partition coefficient (Wildman–Crippen LogP) is 7.89. The third kappa shape index (κ3) is 4.71. The van der Waals surface area contributed by atoms with E-state index in [-0.39, 0.29) is 11.6 Å². The average molecular weight is 418 g/mol. The van der Waals surface area contributed by atoms with Gasteiger partial charge >= 0.3 is 6.36 Å². The molecule has 0 spiro atoms. The minimum atomic E-state index is -4.70. The number of halogens is 4. The first-order chi connectivity index (χ1) is 14.3. The first-order valence-corrected chi connectivity index (χ1v) is 10.7. The number of hydrogen-bond acceptors (Lipinski definition) is 1. The van der Waals surface area contributed by atoms with Gasteiger partial charge in [-0.3, -0.25) is 0 Å². The first kappa shape index (κ1) is 21.0. The van der Waals surface area contributed by atoms with E-state index in [9.17, 15) is 17.6 Å². The summed E-state index contributed by atoms with van der Waals surface area (Å²) in [6.07, 6.45) is 4.20. The van der Waals surface area contributed by atoms with Crippen molar-refractivity contribution in [1.29, 1.82) is 0 Å². The Kier molecular flexibility index (Phi) is 5.90. The molecule has 0 saturated heterocycles. The van der Waals surface area contributed by atoms with Gasteiger partial charge in [0.25, 0.3) is 0 Å². The molecule has 2 aromatic rings. The topological polar surface area (TPSA) is 9.23 Å². The molecular weight excluding hydrogens is 392 g/mol. The van der Waals surface area contributed by atoms with E-state index in [4.69, 9.17) is 0 Å². The highest BCUT2D eigenvalue weighted by atomic mass is 19.4. The fourth-order valence-electron chi connectivity index (χ4n) is 4.83. The molecule has 0 unspecified atom stereocenters. The molecule has 30 heavy (non-hydrogen) atoms. The Labute approximate surface area is 174 Å². The molecule has 0 aliphatic heterocycles. The van der Waals surface area contributed by atoms with Crippen molar-refractivity contribution in [2.75, 3.05) is 0 Å². The molecule has 2 aliphatic carbocycles. The van der Waals surface area contributed by atoms with E-state index in [1.165, 1.54) is 31.4 Å². The Morgan fingerprint density at radius 2 is 1.73 bits per heavy atom. The number of allylic oxidation sites excluding steroid dienone is 1. The monoisotopic (exact) mass is 418 g/mol. The molecule has 0 atom stereocenters. The Morgan fingerprint density at radius 3 is 2.40 bits per heavy atom. The van der Waals surface area contributed by atoms with Crippen LogP contribution >= 0.6 is 0 Å². The molecule has 1 saturated carbocycles. The van der Waals surface area contributed by atoms with Gasteiger partial charge in [0, 0.05) is 5.56 Å². The van der Waals surface area contributed by atoms with E-state index in [0.29, 0.717) is 24.3 Å². The van der Waals surface area contributed by atoms with Crippen molar-refractivity contribution in [1.82, 2.24) is 0 Å². The van der Waals surface area contributed by atoms with Crippen molar-refractivity contribution in [3.8, 4) is 5.75 Å². The predicted molar refractivity (Wildman–Crippen MR) is 111 cm³/mol. The molecule has 1 nitrogen and oxygen atoms in total. The van der Waals surface area contributed by atoms with E-state index < -0.39 is 6.36 Å². The van der Waals surface area contributed by atoms with Crippen LogP contribution < -0.4 is 4.74 Å². The van der Waals surface area contributed by atoms with Gasteiger partial charge in [0.05, 0.1) is 0 Å². The lowest BCUT2D eigenvalue weighted by Gasteiger charge is -2.28. The second-order valence-corrected chi connectivity index (χ2v) is 8.44. The average Bonchev–Trinajstić information content (AvgIpc) is 2.72. The van der Waals surface area contributed by atoms with Crippen LogP contribution in [0.4, 0.5) is 17.6 Å².